The van der Waals surface area contributed by atoms with Gasteiger partial charge in [0, 0.05) is 31.7 Å². The van der Waals surface area contributed by atoms with E-state index in [1.807, 2.05) is 16.8 Å². The minimum atomic E-state index is -0.117. The van der Waals surface area contributed by atoms with Gasteiger partial charge < -0.3 is 20.1 Å². The fourth-order valence-electron chi connectivity index (χ4n) is 4.44. The van der Waals surface area contributed by atoms with Crippen molar-refractivity contribution >= 4 is 22.8 Å². The summed E-state index contributed by atoms with van der Waals surface area (Å²) >= 11 is 0. The topological polar surface area (TPSA) is 108 Å². The molecule has 9 heteroatoms. The number of nitrogens with two attached hydrogens (primary N) is 1. The Kier molecular flexibility index (Phi) is 6.47. The fourth-order valence-corrected chi connectivity index (χ4v) is 4.44. The maximum absolute atomic E-state index is 12.0. The van der Waals surface area contributed by atoms with Crippen LogP contribution in [-0.2, 0) is 14.3 Å². The molecular formula is C24H28N6O3. The van der Waals surface area contributed by atoms with Crippen molar-refractivity contribution in [2.75, 3.05) is 33.0 Å². The molecular weight excluding hydrogens is 420 g/mol. The number of anilines is 1. The highest BCUT2D eigenvalue weighted by Crippen LogP contribution is 2.31. The summed E-state index contributed by atoms with van der Waals surface area (Å²) in [6.07, 6.45) is 8.16. The number of likely N-dealkylation sites (tertiary alicyclic amines) is 1. The van der Waals surface area contributed by atoms with Crippen LogP contribution in [0.2, 0.25) is 0 Å². The molecule has 0 radical (unpaired) electrons. The molecule has 0 saturated carbocycles. The number of hydrogen-bond acceptors (Lipinski definition) is 7. The monoisotopic (exact) mass is 448 g/mol. The molecule has 2 aromatic heterocycles. The number of amides is 1. The Morgan fingerprint density at radius 2 is 2.18 bits per heavy atom. The van der Waals surface area contributed by atoms with Gasteiger partial charge in [-0.25, -0.2) is 14.6 Å². The number of ether oxygens (including phenoxy) is 2. The van der Waals surface area contributed by atoms with Crippen LogP contribution in [0.1, 0.15) is 31.5 Å². The molecule has 4 rings (SSSR count). The summed E-state index contributed by atoms with van der Waals surface area (Å²) in [6, 6.07) is -0.0283. The highest BCUT2D eigenvalue weighted by atomic mass is 16.5. The molecule has 1 amide bonds. The summed E-state index contributed by atoms with van der Waals surface area (Å²) in [5.41, 5.74) is 8.23. The number of hydrogen-bond donors (Lipinski definition) is 1. The van der Waals surface area contributed by atoms with Crippen molar-refractivity contribution in [3.8, 4) is 11.8 Å². The highest BCUT2D eigenvalue weighted by molar-refractivity contribution is 5.91. The van der Waals surface area contributed by atoms with Gasteiger partial charge in [0.1, 0.15) is 23.6 Å². The predicted molar refractivity (Wildman–Crippen MR) is 125 cm³/mol. The molecule has 33 heavy (non-hydrogen) atoms. The highest BCUT2D eigenvalue weighted by Gasteiger charge is 2.30. The first-order chi connectivity index (χ1) is 16.0. The van der Waals surface area contributed by atoms with Crippen LogP contribution in [0.5, 0.6) is 0 Å². The SMILES string of the molecule is C=CC(=O)N1CCC(n2nc(C#CC3=CC(OC)=CC(OC)C3CC)c3c(N)ncnc32)C1. The molecule has 3 heterocycles. The summed E-state index contributed by atoms with van der Waals surface area (Å²) in [7, 11) is 3.31. The van der Waals surface area contributed by atoms with E-state index in [9.17, 15) is 4.79 Å². The zero-order valence-corrected chi connectivity index (χ0v) is 19.1. The average Bonchev–Trinajstić information content (AvgIpc) is 3.47. The Labute approximate surface area is 193 Å². The molecule has 3 unspecified atom stereocenters. The summed E-state index contributed by atoms with van der Waals surface area (Å²) in [6.45, 7) is 6.84. The van der Waals surface area contributed by atoms with Gasteiger partial charge in [0.15, 0.2) is 5.65 Å². The lowest BCUT2D eigenvalue weighted by Gasteiger charge is -2.26. The van der Waals surface area contributed by atoms with Crippen LogP contribution in [0.4, 0.5) is 5.82 Å². The van der Waals surface area contributed by atoms with E-state index in [0.717, 1.165) is 18.4 Å². The van der Waals surface area contributed by atoms with E-state index in [1.165, 1.54) is 12.4 Å². The summed E-state index contributed by atoms with van der Waals surface area (Å²) in [5.74, 6) is 7.52. The van der Waals surface area contributed by atoms with Crippen LogP contribution in [0.25, 0.3) is 11.0 Å². The van der Waals surface area contributed by atoms with E-state index >= 15 is 0 Å². The first kappa shape index (κ1) is 22.6. The van der Waals surface area contributed by atoms with Crippen molar-refractivity contribution in [1.29, 1.82) is 0 Å². The Hall–Kier alpha value is -3.64. The van der Waals surface area contributed by atoms with Gasteiger partial charge in [-0.15, -0.1) is 0 Å². The molecule has 1 fully saturated rings. The minimum Gasteiger partial charge on any atom is -0.497 e. The van der Waals surface area contributed by atoms with Gasteiger partial charge in [-0.05, 0) is 37.0 Å². The van der Waals surface area contributed by atoms with Crippen molar-refractivity contribution in [3.05, 3.63) is 48.2 Å². The Balaban J connectivity index is 1.74. The molecule has 2 aromatic rings. The molecule has 9 nitrogen and oxygen atoms in total. The third kappa shape index (κ3) is 4.22. The normalized spacial score (nSPS) is 22.4. The number of fused-ring (bicyclic) bond motifs is 1. The Bertz CT molecular complexity index is 1200. The van der Waals surface area contributed by atoms with Gasteiger partial charge in [0.25, 0.3) is 0 Å². The van der Waals surface area contributed by atoms with Gasteiger partial charge in [0.05, 0.1) is 24.6 Å². The Morgan fingerprint density at radius 1 is 1.36 bits per heavy atom. The number of nitrogen functional groups attached to an aromatic ring is 1. The number of nitrogens with zero attached hydrogens (tertiary/aromatic N) is 5. The lowest BCUT2D eigenvalue weighted by Crippen LogP contribution is -2.27. The standard InChI is InChI=1S/C24H28N6O3/c1-5-18-15(11-17(32-3)12-20(18)33-4)7-8-19-22-23(25)26-14-27-24(22)30(28-19)16-9-10-29(13-16)21(31)6-2/h6,11-12,14,16,18,20H,2,5,9-10,13H2,1,3-4H3,(H2,25,26,27). The summed E-state index contributed by atoms with van der Waals surface area (Å²) in [5, 5.41) is 5.38. The predicted octanol–water partition coefficient (Wildman–Crippen LogP) is 2.23. The number of methoxy groups -OCH3 is 2. The quantitative estimate of drug-likeness (QED) is 0.552. The minimum absolute atomic E-state index is 0.0283. The van der Waals surface area contributed by atoms with Crippen LogP contribution < -0.4 is 5.73 Å². The fraction of sp³-hybridized carbons (Fsp3) is 0.417. The molecule has 1 aliphatic carbocycles. The first-order valence-electron chi connectivity index (χ1n) is 10.9. The van der Waals surface area contributed by atoms with E-state index < -0.39 is 0 Å². The molecule has 172 valence electrons. The van der Waals surface area contributed by atoms with Crippen molar-refractivity contribution < 1.29 is 14.3 Å². The molecule has 0 bridgehead atoms. The van der Waals surface area contributed by atoms with Crippen molar-refractivity contribution in [3.63, 3.8) is 0 Å². The second-order valence-corrected chi connectivity index (χ2v) is 8.02. The van der Waals surface area contributed by atoms with Gasteiger partial charge in [-0.1, -0.05) is 19.4 Å². The number of rotatable bonds is 5. The summed E-state index contributed by atoms with van der Waals surface area (Å²) in [4.78, 5) is 22.4. The number of allylic oxidation sites excluding steroid dienone is 1. The smallest absolute Gasteiger partial charge is 0.246 e. The molecule has 0 aromatic carbocycles. The van der Waals surface area contributed by atoms with Gasteiger partial charge >= 0.3 is 0 Å². The second-order valence-electron chi connectivity index (χ2n) is 8.02. The van der Waals surface area contributed by atoms with Crippen molar-refractivity contribution in [1.82, 2.24) is 24.6 Å². The van der Waals surface area contributed by atoms with Crippen molar-refractivity contribution in [2.45, 2.75) is 31.9 Å². The van der Waals surface area contributed by atoms with Gasteiger partial charge in [0.2, 0.25) is 5.91 Å². The Morgan fingerprint density at radius 3 is 2.88 bits per heavy atom. The van der Waals surface area contributed by atoms with Crippen LogP contribution in [-0.4, -0.2) is 64.0 Å². The number of carbonyl (C=O) groups excluding carboxylic acids is 1. The van der Waals surface area contributed by atoms with Crippen LogP contribution in [0.15, 0.2) is 42.5 Å². The van der Waals surface area contributed by atoms with E-state index in [-0.39, 0.29) is 24.0 Å². The van der Waals surface area contributed by atoms with Crippen LogP contribution in [0.3, 0.4) is 0 Å². The summed E-state index contributed by atoms with van der Waals surface area (Å²) < 4.78 is 12.9. The molecule has 0 spiro atoms. The van der Waals surface area contributed by atoms with Crippen LogP contribution >= 0.6 is 0 Å². The zero-order chi connectivity index (χ0) is 23.5. The molecule has 1 saturated heterocycles. The lowest BCUT2D eigenvalue weighted by molar-refractivity contribution is -0.125. The molecule has 2 aliphatic rings. The second kappa shape index (κ2) is 9.46. The van der Waals surface area contributed by atoms with Crippen LogP contribution in [0, 0.1) is 17.8 Å². The van der Waals surface area contributed by atoms with E-state index in [4.69, 9.17) is 20.3 Å². The van der Waals surface area contributed by atoms with Crippen molar-refractivity contribution in [2.24, 2.45) is 5.92 Å². The van der Waals surface area contributed by atoms with E-state index in [0.29, 0.717) is 41.4 Å². The lowest BCUT2D eigenvalue weighted by atomic mass is 9.86. The average molecular weight is 449 g/mol. The van der Waals surface area contributed by atoms with Gasteiger partial charge in [-0.2, -0.15) is 5.10 Å². The van der Waals surface area contributed by atoms with E-state index in [1.54, 1.807) is 19.1 Å². The largest absolute Gasteiger partial charge is 0.497 e. The third-order valence-corrected chi connectivity index (χ3v) is 6.21. The zero-order valence-electron chi connectivity index (χ0n) is 19.1. The molecule has 1 aliphatic heterocycles. The van der Waals surface area contributed by atoms with Gasteiger partial charge in [-0.3, -0.25) is 4.79 Å². The first-order valence-corrected chi connectivity index (χ1v) is 10.9. The third-order valence-electron chi connectivity index (χ3n) is 6.21. The number of aromatic nitrogens is 4. The maximum Gasteiger partial charge on any atom is 0.246 e. The maximum atomic E-state index is 12.0. The molecule has 3 atom stereocenters. The molecule has 2 N–H and O–H groups in total. The van der Waals surface area contributed by atoms with E-state index in [2.05, 4.69) is 35.3 Å². The number of carbonyl (C=O) groups is 1.